The number of hydrogen-bond acceptors (Lipinski definition) is 6. The molecule has 0 spiro atoms. The zero-order valence-electron chi connectivity index (χ0n) is 16.5. The van der Waals surface area contributed by atoms with Gasteiger partial charge in [-0.15, -0.1) is 0 Å². The molecular formula is C21H22Cl2N4O2S. The minimum Gasteiger partial charge on any atom is -0.493 e. The number of nitrogens with one attached hydrogen (secondary N) is 1. The normalized spacial score (nSPS) is 14.8. The van der Waals surface area contributed by atoms with E-state index in [-0.39, 0.29) is 5.91 Å². The van der Waals surface area contributed by atoms with E-state index in [2.05, 4.69) is 15.1 Å². The molecule has 1 aromatic heterocycles. The van der Waals surface area contributed by atoms with Crippen LogP contribution in [0.5, 0.6) is 5.75 Å². The summed E-state index contributed by atoms with van der Waals surface area (Å²) in [6.07, 6.45) is 0. The van der Waals surface area contributed by atoms with Gasteiger partial charge in [0.15, 0.2) is 10.9 Å². The van der Waals surface area contributed by atoms with Gasteiger partial charge in [-0.25, -0.2) is 4.98 Å². The van der Waals surface area contributed by atoms with Gasteiger partial charge in [0, 0.05) is 49.9 Å². The lowest BCUT2D eigenvalue weighted by molar-refractivity contribution is 0.0948. The van der Waals surface area contributed by atoms with Gasteiger partial charge in [-0.05, 0) is 36.4 Å². The minimum atomic E-state index is -0.0765. The Morgan fingerprint density at radius 3 is 2.57 bits per heavy atom. The van der Waals surface area contributed by atoms with E-state index in [4.69, 9.17) is 32.9 Å². The van der Waals surface area contributed by atoms with Gasteiger partial charge in [0.1, 0.15) is 5.52 Å². The first-order valence-corrected chi connectivity index (χ1v) is 11.3. The lowest BCUT2D eigenvalue weighted by Gasteiger charge is -2.34. The molecule has 158 valence electrons. The molecule has 0 radical (unpaired) electrons. The minimum absolute atomic E-state index is 0.0765. The van der Waals surface area contributed by atoms with E-state index in [9.17, 15) is 4.79 Å². The number of aromatic nitrogens is 1. The van der Waals surface area contributed by atoms with Crippen molar-refractivity contribution in [1.82, 2.24) is 15.2 Å². The SMILES string of the molecule is COc1c(Cl)ccc2sc(N3CCN(CCNC(=O)c4ccc(Cl)cc4)CC3)nc12. The molecular weight excluding hydrogens is 443 g/mol. The van der Waals surface area contributed by atoms with Crippen LogP contribution in [0.1, 0.15) is 10.4 Å². The van der Waals surface area contributed by atoms with Crippen molar-refractivity contribution in [1.29, 1.82) is 0 Å². The molecule has 1 fully saturated rings. The molecule has 6 nitrogen and oxygen atoms in total. The highest BCUT2D eigenvalue weighted by Gasteiger charge is 2.21. The van der Waals surface area contributed by atoms with Crippen molar-refractivity contribution in [3.05, 3.63) is 52.0 Å². The fourth-order valence-electron chi connectivity index (χ4n) is 3.46. The number of nitrogens with zero attached hydrogens (tertiary/aromatic N) is 3. The summed E-state index contributed by atoms with van der Waals surface area (Å²) in [7, 11) is 1.62. The second-order valence-corrected chi connectivity index (χ2v) is 8.87. The summed E-state index contributed by atoms with van der Waals surface area (Å²) in [5.74, 6) is 0.555. The number of fused-ring (bicyclic) bond motifs is 1. The van der Waals surface area contributed by atoms with Crippen LogP contribution >= 0.6 is 34.5 Å². The third kappa shape index (κ3) is 4.64. The largest absolute Gasteiger partial charge is 0.493 e. The number of benzene rings is 2. The van der Waals surface area contributed by atoms with Gasteiger partial charge < -0.3 is 15.0 Å². The Kier molecular flexibility index (Phi) is 6.63. The third-order valence-corrected chi connectivity index (χ3v) is 6.75. The quantitative estimate of drug-likeness (QED) is 0.593. The molecule has 9 heteroatoms. The lowest BCUT2D eigenvalue weighted by atomic mass is 10.2. The average molecular weight is 465 g/mol. The van der Waals surface area contributed by atoms with Crippen LogP contribution in [0.3, 0.4) is 0 Å². The molecule has 0 bridgehead atoms. The Hall–Kier alpha value is -2.06. The summed E-state index contributed by atoms with van der Waals surface area (Å²) in [6, 6.07) is 10.7. The van der Waals surface area contributed by atoms with Crippen molar-refractivity contribution in [2.75, 3.05) is 51.3 Å². The Morgan fingerprint density at radius 1 is 1.13 bits per heavy atom. The first-order valence-electron chi connectivity index (χ1n) is 9.69. The van der Waals surface area contributed by atoms with Crippen LogP contribution in [0.15, 0.2) is 36.4 Å². The van der Waals surface area contributed by atoms with Crippen molar-refractivity contribution >= 4 is 55.8 Å². The summed E-state index contributed by atoms with van der Waals surface area (Å²) in [6.45, 7) is 5.05. The predicted molar refractivity (Wildman–Crippen MR) is 124 cm³/mol. The van der Waals surface area contributed by atoms with Crippen LogP contribution in [0.4, 0.5) is 5.13 Å². The summed E-state index contributed by atoms with van der Waals surface area (Å²) < 4.78 is 6.49. The maximum Gasteiger partial charge on any atom is 0.251 e. The van der Waals surface area contributed by atoms with E-state index < -0.39 is 0 Å². The van der Waals surface area contributed by atoms with Crippen molar-refractivity contribution in [2.45, 2.75) is 0 Å². The highest BCUT2D eigenvalue weighted by Crippen LogP contribution is 2.38. The van der Waals surface area contributed by atoms with Gasteiger partial charge in [-0.1, -0.05) is 34.5 Å². The van der Waals surface area contributed by atoms with Crippen molar-refractivity contribution in [3.8, 4) is 5.75 Å². The summed E-state index contributed by atoms with van der Waals surface area (Å²) in [5, 5.41) is 5.16. The fourth-order valence-corrected chi connectivity index (χ4v) is 4.83. The molecule has 1 N–H and O–H groups in total. The maximum absolute atomic E-state index is 12.2. The van der Waals surface area contributed by atoms with Crippen LogP contribution in [0.25, 0.3) is 10.2 Å². The third-order valence-electron chi connectivity index (χ3n) is 5.12. The van der Waals surface area contributed by atoms with Crippen LogP contribution < -0.4 is 15.0 Å². The van der Waals surface area contributed by atoms with Crippen LogP contribution in [0, 0.1) is 0 Å². The number of piperazine rings is 1. The van der Waals surface area contributed by atoms with E-state index >= 15 is 0 Å². The smallest absolute Gasteiger partial charge is 0.251 e. The molecule has 1 aliphatic rings. The molecule has 0 unspecified atom stereocenters. The van der Waals surface area contributed by atoms with E-state index in [0.717, 1.165) is 48.1 Å². The highest BCUT2D eigenvalue weighted by molar-refractivity contribution is 7.22. The molecule has 0 aliphatic carbocycles. The van der Waals surface area contributed by atoms with Crippen molar-refractivity contribution in [2.24, 2.45) is 0 Å². The number of halogens is 2. The predicted octanol–water partition coefficient (Wildman–Crippen LogP) is 4.16. The van der Waals surface area contributed by atoms with E-state index in [1.165, 1.54) is 0 Å². The molecule has 1 amide bonds. The Bertz CT molecular complexity index is 1030. The molecule has 0 atom stereocenters. The standard InChI is InChI=1S/C21H22Cl2N4O2S/c1-29-19-16(23)6-7-17-18(19)25-21(30-17)27-12-10-26(11-13-27)9-8-24-20(28)14-2-4-15(22)5-3-14/h2-7H,8-13H2,1H3,(H,24,28). The molecule has 3 aromatic rings. The Labute approximate surface area is 189 Å². The van der Waals surface area contributed by atoms with Crippen molar-refractivity contribution in [3.63, 3.8) is 0 Å². The number of carbonyl (C=O) groups is 1. The van der Waals surface area contributed by atoms with Gasteiger partial charge >= 0.3 is 0 Å². The average Bonchev–Trinajstić information content (AvgIpc) is 3.19. The summed E-state index contributed by atoms with van der Waals surface area (Å²) in [4.78, 5) is 21.6. The van der Waals surface area contributed by atoms with Gasteiger partial charge in [0.2, 0.25) is 0 Å². The number of rotatable bonds is 6. The maximum atomic E-state index is 12.2. The zero-order chi connectivity index (χ0) is 21.1. The first-order chi connectivity index (χ1) is 14.5. The second kappa shape index (κ2) is 9.39. The second-order valence-electron chi connectivity index (χ2n) is 7.02. The number of methoxy groups -OCH3 is 1. The van der Waals surface area contributed by atoms with Crippen LogP contribution in [-0.2, 0) is 0 Å². The number of hydrogen-bond donors (Lipinski definition) is 1. The van der Waals surface area contributed by atoms with E-state index in [1.807, 2.05) is 12.1 Å². The number of ether oxygens (including phenoxy) is 1. The number of anilines is 1. The fraction of sp³-hybridized carbons (Fsp3) is 0.333. The zero-order valence-corrected chi connectivity index (χ0v) is 18.9. The summed E-state index contributed by atoms with van der Waals surface area (Å²) in [5.41, 5.74) is 1.44. The first kappa shape index (κ1) is 21.2. The van der Waals surface area contributed by atoms with Crippen LogP contribution in [0.2, 0.25) is 10.0 Å². The Morgan fingerprint density at radius 2 is 1.87 bits per heavy atom. The molecule has 2 aromatic carbocycles. The molecule has 30 heavy (non-hydrogen) atoms. The van der Waals surface area contributed by atoms with E-state index in [1.54, 1.807) is 42.7 Å². The summed E-state index contributed by atoms with van der Waals surface area (Å²) >= 11 is 13.7. The molecule has 0 saturated carbocycles. The number of thiazole rings is 1. The molecule has 4 rings (SSSR count). The number of carbonyl (C=O) groups excluding carboxylic acids is 1. The van der Waals surface area contributed by atoms with E-state index in [0.29, 0.717) is 27.9 Å². The van der Waals surface area contributed by atoms with Gasteiger partial charge in [0.25, 0.3) is 5.91 Å². The molecule has 2 heterocycles. The molecule has 1 aliphatic heterocycles. The van der Waals surface area contributed by atoms with Gasteiger partial charge in [-0.3, -0.25) is 9.69 Å². The van der Waals surface area contributed by atoms with Gasteiger partial charge in [-0.2, -0.15) is 0 Å². The molecule has 1 saturated heterocycles. The Balaban J connectivity index is 1.28. The van der Waals surface area contributed by atoms with Crippen LogP contribution in [-0.4, -0.2) is 62.2 Å². The van der Waals surface area contributed by atoms with Gasteiger partial charge in [0.05, 0.1) is 16.8 Å². The highest BCUT2D eigenvalue weighted by atomic mass is 35.5. The monoisotopic (exact) mass is 464 g/mol. The lowest BCUT2D eigenvalue weighted by Crippen LogP contribution is -2.48. The number of amides is 1. The topological polar surface area (TPSA) is 57.7 Å². The van der Waals surface area contributed by atoms with Crippen molar-refractivity contribution < 1.29 is 9.53 Å².